The molecule has 0 aromatic carbocycles. The van der Waals surface area contributed by atoms with Crippen molar-refractivity contribution in [3.63, 3.8) is 0 Å². The maximum Gasteiger partial charge on any atom is 0.413 e. The predicted octanol–water partition coefficient (Wildman–Crippen LogP) is 2.38. The van der Waals surface area contributed by atoms with E-state index in [2.05, 4.69) is 39.4 Å². The Kier molecular flexibility index (Phi) is 4.90. The molecule has 0 spiro atoms. The van der Waals surface area contributed by atoms with Crippen LogP contribution in [0.25, 0.3) is 0 Å². The van der Waals surface area contributed by atoms with Gasteiger partial charge in [-0.1, -0.05) is 19.1 Å². The Morgan fingerprint density at radius 3 is 3.21 bits per heavy atom. The molecule has 2 rings (SSSR count). The van der Waals surface area contributed by atoms with Crippen molar-refractivity contribution in [2.24, 2.45) is 4.99 Å². The summed E-state index contributed by atoms with van der Waals surface area (Å²) >= 11 is 1.90. The highest BCUT2D eigenvalue weighted by atomic mass is 32.2. The van der Waals surface area contributed by atoms with Gasteiger partial charge >= 0.3 is 6.09 Å². The van der Waals surface area contributed by atoms with Crippen molar-refractivity contribution in [3.8, 4) is 0 Å². The SMILES string of the molecule is CCCSC1=CCC=C2N=C(NC(=O)OC)NC2C1. The van der Waals surface area contributed by atoms with Crippen molar-refractivity contribution in [1.82, 2.24) is 10.6 Å². The van der Waals surface area contributed by atoms with Gasteiger partial charge in [0, 0.05) is 6.42 Å². The number of hydrogen-bond donors (Lipinski definition) is 2. The Hall–Kier alpha value is -1.43. The zero-order valence-corrected chi connectivity index (χ0v) is 12.0. The first-order valence-corrected chi connectivity index (χ1v) is 7.43. The van der Waals surface area contributed by atoms with Crippen LogP contribution in [0.1, 0.15) is 26.2 Å². The van der Waals surface area contributed by atoms with E-state index in [1.807, 2.05) is 11.8 Å². The second-order valence-corrected chi connectivity index (χ2v) is 5.58. The van der Waals surface area contributed by atoms with Gasteiger partial charge in [-0.25, -0.2) is 9.79 Å². The fraction of sp³-hybridized carbons (Fsp3) is 0.538. The van der Waals surface area contributed by atoms with Crippen molar-refractivity contribution in [3.05, 3.63) is 22.8 Å². The molecule has 1 unspecified atom stereocenters. The van der Waals surface area contributed by atoms with Crippen LogP contribution in [0.15, 0.2) is 27.7 Å². The van der Waals surface area contributed by atoms with Gasteiger partial charge in [0.15, 0.2) is 0 Å². The van der Waals surface area contributed by atoms with E-state index in [0.29, 0.717) is 5.96 Å². The van der Waals surface area contributed by atoms with E-state index in [1.54, 1.807) is 0 Å². The van der Waals surface area contributed by atoms with Gasteiger partial charge in [0.25, 0.3) is 0 Å². The Balaban J connectivity index is 1.95. The molecule has 1 amide bonds. The third kappa shape index (κ3) is 3.76. The van der Waals surface area contributed by atoms with Crippen LogP contribution in [0.3, 0.4) is 0 Å². The zero-order valence-electron chi connectivity index (χ0n) is 11.2. The summed E-state index contributed by atoms with van der Waals surface area (Å²) in [5, 5.41) is 5.79. The fourth-order valence-electron chi connectivity index (χ4n) is 1.98. The Bertz CT molecular complexity index is 443. The number of aliphatic imine (C=N–C) groups is 1. The van der Waals surface area contributed by atoms with Gasteiger partial charge < -0.3 is 10.1 Å². The standard InChI is InChI=1S/C13H19N3O2S/c1-3-7-19-9-5-4-6-10-11(8-9)15-12(14-10)16-13(17)18-2/h5-6,11H,3-4,7-8H2,1-2H3,(H2,14,15,16,17). The number of amides is 1. The van der Waals surface area contributed by atoms with Gasteiger partial charge in [-0.15, -0.1) is 11.8 Å². The average molecular weight is 281 g/mol. The van der Waals surface area contributed by atoms with Crippen LogP contribution >= 0.6 is 11.8 Å². The van der Waals surface area contributed by atoms with Crippen molar-refractivity contribution in [1.29, 1.82) is 0 Å². The third-order valence-corrected chi connectivity index (χ3v) is 4.20. The molecule has 104 valence electrons. The molecule has 1 atom stereocenters. The maximum absolute atomic E-state index is 11.2. The van der Waals surface area contributed by atoms with Crippen LogP contribution in [0, 0.1) is 0 Å². The van der Waals surface area contributed by atoms with E-state index in [0.717, 1.165) is 24.3 Å². The van der Waals surface area contributed by atoms with Crippen molar-refractivity contribution < 1.29 is 9.53 Å². The summed E-state index contributed by atoms with van der Waals surface area (Å²) in [5.74, 6) is 1.62. The Morgan fingerprint density at radius 1 is 1.63 bits per heavy atom. The van der Waals surface area contributed by atoms with Gasteiger partial charge in [0.2, 0.25) is 5.96 Å². The van der Waals surface area contributed by atoms with Gasteiger partial charge in [-0.3, -0.25) is 5.32 Å². The number of guanidine groups is 1. The summed E-state index contributed by atoms with van der Waals surface area (Å²) in [5.41, 5.74) is 0.995. The molecule has 1 aliphatic carbocycles. The van der Waals surface area contributed by atoms with E-state index in [4.69, 9.17) is 0 Å². The van der Waals surface area contributed by atoms with E-state index in [-0.39, 0.29) is 6.04 Å². The van der Waals surface area contributed by atoms with Crippen molar-refractivity contribution >= 4 is 23.8 Å². The monoisotopic (exact) mass is 281 g/mol. The normalized spacial score (nSPS) is 21.4. The lowest BCUT2D eigenvalue weighted by atomic mass is 10.2. The number of hydrogen-bond acceptors (Lipinski definition) is 5. The highest BCUT2D eigenvalue weighted by Gasteiger charge is 2.26. The molecule has 1 heterocycles. The number of fused-ring (bicyclic) bond motifs is 1. The average Bonchev–Trinajstić information content (AvgIpc) is 2.67. The largest absolute Gasteiger partial charge is 0.453 e. The molecular formula is C13H19N3O2S. The number of allylic oxidation sites excluding steroid dienone is 2. The molecule has 0 bridgehead atoms. The molecule has 5 nitrogen and oxygen atoms in total. The number of rotatable bonds is 3. The molecule has 0 aromatic rings. The molecule has 0 radical (unpaired) electrons. The Labute approximate surface area is 117 Å². The van der Waals surface area contributed by atoms with E-state index < -0.39 is 6.09 Å². The second-order valence-electron chi connectivity index (χ2n) is 4.36. The quantitative estimate of drug-likeness (QED) is 0.833. The van der Waals surface area contributed by atoms with Crippen LogP contribution < -0.4 is 10.6 Å². The number of thioether (sulfide) groups is 1. The number of carbonyl (C=O) groups excluding carboxylic acids is 1. The summed E-state index contributed by atoms with van der Waals surface area (Å²) < 4.78 is 4.56. The Morgan fingerprint density at radius 2 is 2.47 bits per heavy atom. The number of ether oxygens (including phenoxy) is 1. The molecule has 19 heavy (non-hydrogen) atoms. The van der Waals surface area contributed by atoms with E-state index in [9.17, 15) is 4.79 Å². The van der Waals surface area contributed by atoms with Crippen LogP contribution in [0.5, 0.6) is 0 Å². The third-order valence-electron chi connectivity index (χ3n) is 2.88. The van der Waals surface area contributed by atoms with Crippen LogP contribution in [0.4, 0.5) is 4.79 Å². The minimum atomic E-state index is -0.501. The summed E-state index contributed by atoms with van der Waals surface area (Å²) in [6.07, 6.45) is 6.85. The lowest BCUT2D eigenvalue weighted by Gasteiger charge is -2.13. The predicted molar refractivity (Wildman–Crippen MR) is 78.0 cm³/mol. The minimum absolute atomic E-state index is 0.158. The zero-order chi connectivity index (χ0) is 13.7. The van der Waals surface area contributed by atoms with Gasteiger partial charge in [0.1, 0.15) is 0 Å². The molecule has 0 aromatic heterocycles. The minimum Gasteiger partial charge on any atom is -0.453 e. The van der Waals surface area contributed by atoms with Crippen molar-refractivity contribution in [2.75, 3.05) is 12.9 Å². The molecule has 2 N–H and O–H groups in total. The van der Waals surface area contributed by atoms with Crippen molar-refractivity contribution in [2.45, 2.75) is 32.2 Å². The lowest BCUT2D eigenvalue weighted by molar-refractivity contribution is 0.176. The van der Waals surface area contributed by atoms with E-state index >= 15 is 0 Å². The molecule has 2 aliphatic rings. The first-order chi connectivity index (χ1) is 9.22. The number of methoxy groups -OCH3 is 1. The smallest absolute Gasteiger partial charge is 0.413 e. The highest BCUT2D eigenvalue weighted by molar-refractivity contribution is 8.03. The number of alkyl carbamates (subject to hydrolysis) is 1. The first kappa shape index (κ1) is 14.0. The van der Waals surface area contributed by atoms with Crippen LogP contribution in [-0.4, -0.2) is 31.0 Å². The molecule has 6 heteroatoms. The second kappa shape index (κ2) is 6.65. The van der Waals surface area contributed by atoms with Gasteiger partial charge in [-0.05, 0) is 23.5 Å². The molecule has 0 saturated heterocycles. The summed E-state index contributed by atoms with van der Waals surface area (Å²) in [4.78, 5) is 16.9. The number of nitrogens with one attached hydrogen (secondary N) is 2. The highest BCUT2D eigenvalue weighted by Crippen LogP contribution is 2.29. The van der Waals surface area contributed by atoms with Gasteiger partial charge in [-0.2, -0.15) is 0 Å². The number of nitrogens with zero attached hydrogens (tertiary/aromatic N) is 1. The molecular weight excluding hydrogens is 262 g/mol. The number of carbonyl (C=O) groups is 1. The fourth-order valence-corrected chi connectivity index (χ4v) is 2.95. The van der Waals surface area contributed by atoms with Gasteiger partial charge in [0.05, 0.1) is 18.8 Å². The lowest BCUT2D eigenvalue weighted by Crippen LogP contribution is -2.41. The molecule has 1 aliphatic heterocycles. The summed E-state index contributed by atoms with van der Waals surface area (Å²) in [7, 11) is 1.34. The summed E-state index contributed by atoms with van der Waals surface area (Å²) in [6, 6.07) is 0.158. The molecule has 0 saturated carbocycles. The molecule has 0 fully saturated rings. The topological polar surface area (TPSA) is 62.7 Å². The van der Waals surface area contributed by atoms with E-state index in [1.165, 1.54) is 18.4 Å². The van der Waals surface area contributed by atoms with Crippen LogP contribution in [-0.2, 0) is 4.74 Å². The first-order valence-electron chi connectivity index (χ1n) is 6.45. The maximum atomic E-state index is 11.2. The van der Waals surface area contributed by atoms with Crippen LogP contribution in [0.2, 0.25) is 0 Å². The summed E-state index contributed by atoms with van der Waals surface area (Å²) in [6.45, 7) is 2.18.